The van der Waals surface area contributed by atoms with Crippen molar-refractivity contribution in [3.8, 4) is 28.3 Å². The SMILES string of the molecule is Bc1c(B)c(B)c(-c2cccc(-c3nc(-n4c5ccccc5c5ccc6oc7c8ccccc8c8ccccc8c7c6c54)nc4c3ccc3ccccc34)c2)c(B)c1B. The van der Waals surface area contributed by atoms with Gasteiger partial charge in [0.2, 0.25) is 5.95 Å². The van der Waals surface area contributed by atoms with Crippen LogP contribution in [0.3, 0.4) is 0 Å². The highest BCUT2D eigenvalue weighted by Crippen LogP contribution is 2.46. The highest BCUT2D eigenvalue weighted by Gasteiger charge is 2.25. The van der Waals surface area contributed by atoms with Crippen LogP contribution in [0.15, 0.2) is 150 Å². The average molecular weight is 747 g/mol. The number of hydrogen-bond acceptors (Lipinski definition) is 3. The van der Waals surface area contributed by atoms with E-state index >= 15 is 0 Å². The molecule has 3 heterocycles. The van der Waals surface area contributed by atoms with Gasteiger partial charge in [-0.15, -0.1) is 16.4 Å². The third-order valence-electron chi connectivity index (χ3n) is 13.3. The molecule has 0 unspecified atom stereocenters. The summed E-state index contributed by atoms with van der Waals surface area (Å²) in [6.45, 7) is 0. The van der Waals surface area contributed by atoms with Crippen molar-refractivity contribution < 1.29 is 4.42 Å². The number of aromatic nitrogens is 3. The minimum atomic E-state index is 0.627. The van der Waals surface area contributed by atoms with Gasteiger partial charge in [0.25, 0.3) is 0 Å². The van der Waals surface area contributed by atoms with Crippen molar-refractivity contribution in [1.29, 1.82) is 0 Å². The van der Waals surface area contributed by atoms with E-state index in [9.17, 15) is 0 Å². The lowest BCUT2D eigenvalue weighted by atomic mass is 9.59. The maximum Gasteiger partial charge on any atom is 0.235 e. The summed E-state index contributed by atoms with van der Waals surface area (Å²) in [4.78, 5) is 11.2. The monoisotopic (exact) mass is 747 g/mol. The van der Waals surface area contributed by atoms with Crippen molar-refractivity contribution in [3.05, 3.63) is 146 Å². The summed E-state index contributed by atoms with van der Waals surface area (Å²) < 4.78 is 9.23. The van der Waals surface area contributed by atoms with Crippen molar-refractivity contribution in [1.82, 2.24) is 14.5 Å². The van der Waals surface area contributed by atoms with Gasteiger partial charge >= 0.3 is 0 Å². The Balaban J connectivity index is 1.24. The van der Waals surface area contributed by atoms with Crippen molar-refractivity contribution in [2.45, 2.75) is 0 Å². The molecule has 0 aliphatic heterocycles. The fourth-order valence-electron chi connectivity index (χ4n) is 10.1. The molecule has 9 heteroatoms. The first-order valence-corrected chi connectivity index (χ1v) is 20.4. The molecule has 4 nitrogen and oxygen atoms in total. The minimum Gasteiger partial charge on any atom is -0.455 e. The Hall–Kier alpha value is -6.98. The number of nitrogens with zero attached hydrogens (tertiary/aromatic N) is 3. The summed E-state index contributed by atoms with van der Waals surface area (Å²) in [5.74, 6) is 0.627. The smallest absolute Gasteiger partial charge is 0.235 e. The predicted octanol–water partition coefficient (Wildman–Crippen LogP) is 4.71. The van der Waals surface area contributed by atoms with E-state index in [-0.39, 0.29) is 0 Å². The molecule has 0 amide bonds. The largest absolute Gasteiger partial charge is 0.455 e. The third kappa shape index (κ3) is 4.73. The summed E-state index contributed by atoms with van der Waals surface area (Å²) in [6.07, 6.45) is 0. The van der Waals surface area contributed by atoms with E-state index in [2.05, 4.69) is 189 Å². The van der Waals surface area contributed by atoms with E-state index in [0.29, 0.717) is 5.95 Å². The van der Waals surface area contributed by atoms with Crippen molar-refractivity contribution in [3.63, 3.8) is 0 Å². The van der Waals surface area contributed by atoms with Gasteiger partial charge in [-0.3, -0.25) is 4.57 Å². The van der Waals surface area contributed by atoms with Crippen LogP contribution in [0.2, 0.25) is 0 Å². The molecule has 9 aromatic carbocycles. The molecule has 0 saturated heterocycles. The Kier molecular flexibility index (Phi) is 7.23. The average Bonchev–Trinajstić information content (AvgIpc) is 3.84. The van der Waals surface area contributed by atoms with Crippen LogP contribution in [0.5, 0.6) is 0 Å². The van der Waals surface area contributed by atoms with Crippen LogP contribution in [0.4, 0.5) is 0 Å². The van der Waals surface area contributed by atoms with E-state index in [4.69, 9.17) is 14.4 Å². The number of rotatable bonds is 3. The predicted molar refractivity (Wildman–Crippen MR) is 265 cm³/mol. The van der Waals surface area contributed by atoms with E-state index in [0.717, 1.165) is 82.1 Å². The molecule has 0 aliphatic carbocycles. The van der Waals surface area contributed by atoms with E-state index in [1.54, 1.807) is 0 Å². The van der Waals surface area contributed by atoms with Crippen molar-refractivity contribution in [2.75, 3.05) is 0 Å². The van der Waals surface area contributed by atoms with Crippen LogP contribution in [0.1, 0.15) is 0 Å². The standard InChI is InChI=1S/C50H34B5N3O/c51-41-38(42(52)44(54)45(55)43(41)53)26-11-9-12-27(24-26)46-35-21-20-25-10-1-2-13-28(25)47(35)57-50(56-46)58-36-19-8-7-16-31(36)33-22-23-37-40(48(33)58)39-32-17-5-3-14-29(32)30-15-4-6-18-34(30)49(39)59-37/h1-24H,51-55H2. The fourth-order valence-corrected chi connectivity index (χ4v) is 10.1. The molecule has 270 valence electrons. The topological polar surface area (TPSA) is 43.9 Å². The Labute approximate surface area is 344 Å². The molecule has 12 aromatic rings. The molecular weight excluding hydrogens is 713 g/mol. The number of hydrogen-bond donors (Lipinski definition) is 0. The summed E-state index contributed by atoms with van der Waals surface area (Å²) in [5.41, 5.74) is 15.9. The quantitative estimate of drug-likeness (QED) is 0.195. The highest BCUT2D eigenvalue weighted by molar-refractivity contribution is 6.68. The second-order valence-corrected chi connectivity index (χ2v) is 16.2. The van der Waals surface area contributed by atoms with E-state index in [1.807, 2.05) is 0 Å². The summed E-state index contributed by atoms with van der Waals surface area (Å²) in [6, 6.07) is 52.2. The summed E-state index contributed by atoms with van der Waals surface area (Å²) in [5, 5.41) is 12.4. The molecule has 0 aliphatic rings. The second-order valence-electron chi connectivity index (χ2n) is 16.2. The normalized spacial score (nSPS) is 12.1. The number of fused-ring (bicyclic) bond motifs is 15. The highest BCUT2D eigenvalue weighted by atomic mass is 16.3. The van der Waals surface area contributed by atoms with Crippen LogP contribution in [-0.2, 0) is 0 Å². The molecule has 12 rings (SSSR count). The zero-order chi connectivity index (χ0) is 39.7. The van der Waals surface area contributed by atoms with Gasteiger partial charge in [-0.2, -0.15) is 0 Å². The Morgan fingerprint density at radius 3 is 1.83 bits per heavy atom. The van der Waals surface area contributed by atoms with Crippen LogP contribution < -0.4 is 27.3 Å². The van der Waals surface area contributed by atoms with E-state index < -0.39 is 0 Å². The summed E-state index contributed by atoms with van der Waals surface area (Å²) in [7, 11) is 11.3. The van der Waals surface area contributed by atoms with Gasteiger partial charge in [0, 0.05) is 37.9 Å². The molecule has 0 atom stereocenters. The number of benzene rings is 9. The molecule has 0 N–H and O–H groups in total. The van der Waals surface area contributed by atoms with Gasteiger partial charge in [-0.25, -0.2) is 9.97 Å². The van der Waals surface area contributed by atoms with Gasteiger partial charge in [0.1, 0.15) is 50.4 Å². The third-order valence-corrected chi connectivity index (χ3v) is 13.3. The first kappa shape index (κ1) is 34.1. The van der Waals surface area contributed by atoms with Crippen molar-refractivity contribution in [2.24, 2.45) is 0 Å². The zero-order valence-electron chi connectivity index (χ0n) is 33.6. The summed E-state index contributed by atoms with van der Waals surface area (Å²) >= 11 is 0. The lowest BCUT2D eigenvalue weighted by Crippen LogP contribution is -2.55. The fraction of sp³-hybridized carbons (Fsp3) is 0. The maximum absolute atomic E-state index is 6.93. The Morgan fingerprint density at radius 2 is 1.05 bits per heavy atom. The molecular formula is C50H34B5N3O. The molecule has 0 spiro atoms. The van der Waals surface area contributed by atoms with Crippen LogP contribution in [0, 0.1) is 0 Å². The Bertz CT molecular complexity index is 3780. The van der Waals surface area contributed by atoms with Gasteiger partial charge in [-0.05, 0) is 63.0 Å². The molecule has 0 saturated carbocycles. The molecule has 0 radical (unpaired) electrons. The van der Waals surface area contributed by atoms with E-state index in [1.165, 1.54) is 54.6 Å². The van der Waals surface area contributed by atoms with Crippen molar-refractivity contribution >= 4 is 154 Å². The number of furan rings is 1. The first-order valence-electron chi connectivity index (χ1n) is 20.4. The van der Waals surface area contributed by atoms with Crippen LogP contribution in [0.25, 0.3) is 115 Å². The van der Waals surface area contributed by atoms with Gasteiger partial charge in [0.05, 0.1) is 27.6 Å². The van der Waals surface area contributed by atoms with Gasteiger partial charge in [-0.1, -0.05) is 126 Å². The Morgan fingerprint density at radius 1 is 0.441 bits per heavy atom. The molecule has 3 aromatic heterocycles. The first-order chi connectivity index (χ1) is 28.9. The van der Waals surface area contributed by atoms with Gasteiger partial charge in [0.15, 0.2) is 0 Å². The lowest BCUT2D eigenvalue weighted by molar-refractivity contribution is 0.673. The van der Waals surface area contributed by atoms with Gasteiger partial charge < -0.3 is 4.42 Å². The minimum absolute atomic E-state index is 0.627. The second kappa shape index (κ2) is 12.5. The maximum atomic E-state index is 6.93. The van der Waals surface area contributed by atoms with Crippen LogP contribution >= 0.6 is 0 Å². The number of para-hydroxylation sites is 1. The molecule has 0 fully saturated rings. The van der Waals surface area contributed by atoms with Crippen LogP contribution in [-0.4, -0.2) is 53.8 Å². The molecule has 59 heavy (non-hydrogen) atoms. The lowest BCUT2D eigenvalue weighted by Gasteiger charge is -2.21. The molecule has 0 bridgehead atoms. The zero-order valence-corrected chi connectivity index (χ0v) is 33.6.